The van der Waals surface area contributed by atoms with Gasteiger partial charge in [0, 0.05) is 32.4 Å². The number of pyridine rings is 1. The van der Waals surface area contributed by atoms with Crippen molar-refractivity contribution in [3.8, 4) is 0 Å². The van der Waals surface area contributed by atoms with Gasteiger partial charge in [0.1, 0.15) is 5.82 Å². The van der Waals surface area contributed by atoms with Gasteiger partial charge in [-0.25, -0.2) is 8.91 Å². The molecule has 4 heterocycles. The van der Waals surface area contributed by atoms with E-state index in [1.165, 1.54) is 6.07 Å². The SMILES string of the molecule is CC1CCN(C(=O)c2cnn3ccc(C4CCN(C(=O)c5ccccc5F)CC4)cc23)CC1. The number of halogens is 1. The molecule has 2 aliphatic rings. The number of aromatic nitrogens is 2. The zero-order valence-electron chi connectivity index (χ0n) is 18.9. The van der Waals surface area contributed by atoms with Crippen LogP contribution < -0.4 is 0 Å². The third kappa shape index (κ3) is 4.24. The van der Waals surface area contributed by atoms with Crippen LogP contribution in [0.5, 0.6) is 0 Å². The van der Waals surface area contributed by atoms with Crippen LogP contribution in [-0.2, 0) is 0 Å². The van der Waals surface area contributed by atoms with E-state index in [1.807, 2.05) is 11.1 Å². The van der Waals surface area contributed by atoms with Gasteiger partial charge in [0.05, 0.1) is 22.8 Å². The minimum absolute atomic E-state index is 0.0550. The lowest BCUT2D eigenvalue weighted by atomic mass is 9.89. The second-order valence-corrected chi connectivity index (χ2v) is 9.37. The van der Waals surface area contributed by atoms with Gasteiger partial charge in [0.15, 0.2) is 0 Å². The smallest absolute Gasteiger partial charge is 0.257 e. The molecule has 0 radical (unpaired) electrons. The van der Waals surface area contributed by atoms with E-state index in [1.54, 1.807) is 33.8 Å². The topological polar surface area (TPSA) is 57.9 Å². The summed E-state index contributed by atoms with van der Waals surface area (Å²) in [5, 5.41) is 4.39. The van der Waals surface area contributed by atoms with Crippen molar-refractivity contribution in [1.29, 1.82) is 0 Å². The van der Waals surface area contributed by atoms with E-state index in [0.29, 0.717) is 24.6 Å². The van der Waals surface area contributed by atoms with Crippen molar-refractivity contribution in [3.63, 3.8) is 0 Å². The highest BCUT2D eigenvalue weighted by Gasteiger charge is 2.27. The monoisotopic (exact) mass is 448 g/mol. The van der Waals surface area contributed by atoms with Gasteiger partial charge < -0.3 is 9.80 Å². The number of carbonyl (C=O) groups is 2. The van der Waals surface area contributed by atoms with Crippen LogP contribution in [0.15, 0.2) is 48.8 Å². The summed E-state index contributed by atoms with van der Waals surface area (Å²) in [6.07, 6.45) is 7.28. The van der Waals surface area contributed by atoms with Gasteiger partial charge in [0.2, 0.25) is 0 Å². The number of carbonyl (C=O) groups excluding carboxylic acids is 2. The van der Waals surface area contributed by atoms with Crippen molar-refractivity contribution < 1.29 is 14.0 Å². The van der Waals surface area contributed by atoms with Gasteiger partial charge in [-0.3, -0.25) is 9.59 Å². The maximum absolute atomic E-state index is 14.0. The molecule has 2 aliphatic heterocycles. The van der Waals surface area contributed by atoms with E-state index in [-0.39, 0.29) is 23.3 Å². The van der Waals surface area contributed by atoms with Crippen LogP contribution in [0.25, 0.3) is 5.52 Å². The number of fused-ring (bicyclic) bond motifs is 1. The molecule has 0 spiro atoms. The Bertz CT molecular complexity index is 1170. The number of amides is 2. The highest BCUT2D eigenvalue weighted by Crippen LogP contribution is 2.30. The molecular weight excluding hydrogens is 419 g/mol. The highest BCUT2D eigenvalue weighted by atomic mass is 19.1. The molecule has 7 heteroatoms. The Morgan fingerprint density at radius 1 is 0.909 bits per heavy atom. The van der Waals surface area contributed by atoms with Gasteiger partial charge in [-0.05, 0) is 67.3 Å². The number of rotatable bonds is 3. The minimum atomic E-state index is -0.476. The largest absolute Gasteiger partial charge is 0.339 e. The average Bonchev–Trinajstić information content (AvgIpc) is 3.27. The number of hydrogen-bond acceptors (Lipinski definition) is 3. The fourth-order valence-electron chi connectivity index (χ4n) is 5.02. The lowest BCUT2D eigenvalue weighted by Gasteiger charge is -2.32. The van der Waals surface area contributed by atoms with Gasteiger partial charge >= 0.3 is 0 Å². The maximum atomic E-state index is 14.0. The van der Waals surface area contributed by atoms with E-state index in [4.69, 9.17) is 0 Å². The molecule has 0 unspecified atom stereocenters. The molecule has 0 aliphatic carbocycles. The summed E-state index contributed by atoms with van der Waals surface area (Å²) in [6, 6.07) is 10.3. The summed E-state index contributed by atoms with van der Waals surface area (Å²) in [7, 11) is 0. The Hall–Kier alpha value is -3.22. The maximum Gasteiger partial charge on any atom is 0.257 e. The number of benzene rings is 1. The van der Waals surface area contributed by atoms with E-state index in [9.17, 15) is 14.0 Å². The molecule has 0 bridgehead atoms. The number of piperidine rings is 2. The standard InChI is InChI=1S/C26H29FN4O2/c1-18-6-11-29(12-7-18)26(33)22-17-28-31-15-10-20(16-24(22)31)19-8-13-30(14-9-19)25(32)21-4-2-3-5-23(21)27/h2-5,10,15-19H,6-9,11-14H2,1H3. The minimum Gasteiger partial charge on any atom is -0.339 e. The Kier molecular flexibility index (Phi) is 5.87. The fourth-order valence-corrected chi connectivity index (χ4v) is 5.02. The molecule has 2 amide bonds. The number of hydrogen-bond donors (Lipinski definition) is 0. The molecule has 0 atom stereocenters. The lowest BCUT2D eigenvalue weighted by molar-refractivity contribution is 0.0694. The Balaban J connectivity index is 1.30. The van der Waals surface area contributed by atoms with Gasteiger partial charge in [-0.1, -0.05) is 19.1 Å². The van der Waals surface area contributed by atoms with Gasteiger partial charge in [-0.2, -0.15) is 5.10 Å². The molecule has 0 saturated carbocycles. The fraction of sp³-hybridized carbons (Fsp3) is 0.423. The van der Waals surface area contributed by atoms with E-state index in [0.717, 1.165) is 49.9 Å². The van der Waals surface area contributed by atoms with Crippen LogP contribution in [0.4, 0.5) is 4.39 Å². The summed E-state index contributed by atoms with van der Waals surface area (Å²) in [4.78, 5) is 29.5. The average molecular weight is 449 g/mol. The normalized spacial score (nSPS) is 18.1. The number of likely N-dealkylation sites (tertiary alicyclic amines) is 2. The Morgan fingerprint density at radius 3 is 2.24 bits per heavy atom. The summed E-state index contributed by atoms with van der Waals surface area (Å²) >= 11 is 0. The molecule has 6 nitrogen and oxygen atoms in total. The van der Waals surface area contributed by atoms with Crippen molar-refractivity contribution in [3.05, 3.63) is 71.3 Å². The third-order valence-corrected chi connectivity index (χ3v) is 7.20. The molecule has 172 valence electrons. The predicted molar refractivity (Wildman–Crippen MR) is 124 cm³/mol. The van der Waals surface area contributed by atoms with E-state index in [2.05, 4.69) is 24.2 Å². The highest BCUT2D eigenvalue weighted by molar-refractivity contribution is 6.00. The summed E-state index contributed by atoms with van der Waals surface area (Å²) < 4.78 is 15.8. The van der Waals surface area contributed by atoms with Crippen LogP contribution in [0.3, 0.4) is 0 Å². The van der Waals surface area contributed by atoms with E-state index < -0.39 is 5.82 Å². The quantitative estimate of drug-likeness (QED) is 0.598. The van der Waals surface area contributed by atoms with Crippen molar-refractivity contribution in [2.24, 2.45) is 5.92 Å². The first-order chi connectivity index (χ1) is 16.0. The van der Waals surface area contributed by atoms with Crippen LogP contribution >= 0.6 is 0 Å². The zero-order chi connectivity index (χ0) is 22.9. The first-order valence-electron chi connectivity index (χ1n) is 11.8. The number of nitrogens with zero attached hydrogens (tertiary/aromatic N) is 4. The van der Waals surface area contributed by atoms with Crippen molar-refractivity contribution in [2.75, 3.05) is 26.2 Å². The third-order valence-electron chi connectivity index (χ3n) is 7.20. The zero-order valence-corrected chi connectivity index (χ0v) is 18.9. The molecule has 2 saturated heterocycles. The van der Waals surface area contributed by atoms with Gasteiger partial charge in [0.25, 0.3) is 11.8 Å². The first kappa shape index (κ1) is 21.6. The summed E-state index contributed by atoms with van der Waals surface area (Å²) in [6.45, 7) is 5.00. The first-order valence-corrected chi connectivity index (χ1v) is 11.8. The van der Waals surface area contributed by atoms with Crippen molar-refractivity contribution >= 4 is 17.3 Å². The van der Waals surface area contributed by atoms with Crippen molar-refractivity contribution in [1.82, 2.24) is 19.4 Å². The predicted octanol–water partition coefficient (Wildman–Crippen LogP) is 4.37. The molecule has 33 heavy (non-hydrogen) atoms. The van der Waals surface area contributed by atoms with Crippen LogP contribution in [0.1, 0.15) is 64.8 Å². The molecule has 0 N–H and O–H groups in total. The van der Waals surface area contributed by atoms with Crippen LogP contribution in [-0.4, -0.2) is 57.4 Å². The second-order valence-electron chi connectivity index (χ2n) is 9.37. The molecule has 2 aromatic heterocycles. The molecule has 3 aromatic rings. The summed E-state index contributed by atoms with van der Waals surface area (Å²) in [5.41, 5.74) is 2.77. The lowest BCUT2D eigenvalue weighted by Crippen LogP contribution is -2.38. The van der Waals surface area contributed by atoms with Crippen LogP contribution in [0, 0.1) is 11.7 Å². The molecule has 5 rings (SSSR count). The Morgan fingerprint density at radius 2 is 1.55 bits per heavy atom. The van der Waals surface area contributed by atoms with Crippen LogP contribution in [0.2, 0.25) is 0 Å². The van der Waals surface area contributed by atoms with E-state index >= 15 is 0 Å². The molecular formula is C26H29FN4O2. The summed E-state index contributed by atoms with van der Waals surface area (Å²) in [5.74, 6) is 0.283. The Labute approximate surface area is 193 Å². The molecule has 1 aromatic carbocycles. The second kappa shape index (κ2) is 8.96. The van der Waals surface area contributed by atoms with Gasteiger partial charge in [-0.15, -0.1) is 0 Å². The van der Waals surface area contributed by atoms with Crippen molar-refractivity contribution in [2.45, 2.75) is 38.5 Å². The molecule has 2 fully saturated rings.